The van der Waals surface area contributed by atoms with Gasteiger partial charge in [-0.15, -0.1) is 0 Å². The number of methoxy groups -OCH3 is 2. The molecule has 0 unspecified atom stereocenters. The molecule has 0 radical (unpaired) electrons. The Morgan fingerprint density at radius 1 is 1.03 bits per heavy atom. The molecule has 1 N–H and O–H groups in total. The fourth-order valence-corrected chi connectivity index (χ4v) is 4.92. The monoisotopic (exact) mass is 492 g/mol. The molecule has 0 aromatic heterocycles. The third-order valence-electron chi connectivity index (χ3n) is 4.74. The van der Waals surface area contributed by atoms with Gasteiger partial charge in [0.1, 0.15) is 28.8 Å². The average molecular weight is 493 g/mol. The first-order valence-electron chi connectivity index (χ1n) is 9.72. The summed E-state index contributed by atoms with van der Waals surface area (Å²) in [5.74, 6) is -0.619. The van der Waals surface area contributed by atoms with Crippen LogP contribution < -0.4 is 19.1 Å². The molecule has 7 nitrogen and oxygen atoms in total. The van der Waals surface area contributed by atoms with E-state index in [1.165, 1.54) is 44.6 Å². The molecule has 0 spiro atoms. The normalized spacial score (nSPS) is 11.1. The maximum absolute atomic E-state index is 13.7. The first-order valence-corrected chi connectivity index (χ1v) is 11.5. The molecular weight excluding hydrogens is 471 g/mol. The van der Waals surface area contributed by atoms with E-state index >= 15 is 0 Å². The quantitative estimate of drug-likeness (QED) is 0.495. The minimum atomic E-state index is -4.22. The van der Waals surface area contributed by atoms with Crippen molar-refractivity contribution in [1.29, 1.82) is 0 Å². The summed E-state index contributed by atoms with van der Waals surface area (Å²) < 4.78 is 52.1. The molecule has 0 atom stereocenters. The van der Waals surface area contributed by atoms with Gasteiger partial charge in [0.15, 0.2) is 0 Å². The van der Waals surface area contributed by atoms with E-state index in [1.807, 2.05) is 0 Å². The lowest BCUT2D eigenvalue weighted by atomic mass is 10.2. The highest BCUT2D eigenvalue weighted by molar-refractivity contribution is 7.93. The van der Waals surface area contributed by atoms with Crippen LogP contribution in [0, 0.1) is 12.7 Å². The second-order valence-electron chi connectivity index (χ2n) is 7.04. The molecule has 0 saturated heterocycles. The second kappa shape index (κ2) is 10.1. The number of benzene rings is 3. The topological polar surface area (TPSA) is 84.9 Å². The molecule has 0 heterocycles. The highest BCUT2D eigenvalue weighted by atomic mass is 35.5. The smallest absolute Gasteiger partial charge is 0.268 e. The van der Waals surface area contributed by atoms with E-state index < -0.39 is 28.3 Å². The minimum absolute atomic E-state index is 0.0848. The molecule has 0 aliphatic heterocycles. The first-order chi connectivity index (χ1) is 15.6. The number of hydrogen-bond acceptors (Lipinski definition) is 5. The number of carbonyl (C=O) groups is 1. The third-order valence-corrected chi connectivity index (χ3v) is 6.82. The number of nitrogens with zero attached hydrogens (tertiary/aromatic N) is 1. The van der Waals surface area contributed by atoms with Crippen LogP contribution >= 0.6 is 11.6 Å². The van der Waals surface area contributed by atoms with E-state index in [4.69, 9.17) is 21.1 Å². The lowest BCUT2D eigenvalue weighted by Crippen LogP contribution is -2.38. The Morgan fingerprint density at radius 3 is 2.33 bits per heavy atom. The Balaban J connectivity index is 2.01. The van der Waals surface area contributed by atoms with Gasteiger partial charge in [-0.3, -0.25) is 9.10 Å². The summed E-state index contributed by atoms with van der Waals surface area (Å²) in [5.41, 5.74) is 1.17. The van der Waals surface area contributed by atoms with Gasteiger partial charge in [-0.1, -0.05) is 17.7 Å². The van der Waals surface area contributed by atoms with Crippen molar-refractivity contribution in [3.8, 4) is 11.5 Å². The van der Waals surface area contributed by atoms with Crippen LogP contribution in [0.15, 0.2) is 65.6 Å². The summed E-state index contributed by atoms with van der Waals surface area (Å²) >= 11 is 5.77. The van der Waals surface area contributed by atoms with E-state index in [0.717, 1.165) is 10.4 Å². The van der Waals surface area contributed by atoms with Gasteiger partial charge in [0.25, 0.3) is 10.0 Å². The van der Waals surface area contributed by atoms with Gasteiger partial charge >= 0.3 is 0 Å². The van der Waals surface area contributed by atoms with Crippen molar-refractivity contribution < 1.29 is 27.1 Å². The van der Waals surface area contributed by atoms with Crippen LogP contribution in [0.5, 0.6) is 11.5 Å². The molecule has 10 heteroatoms. The zero-order chi connectivity index (χ0) is 24.2. The lowest BCUT2D eigenvalue weighted by Gasteiger charge is -2.25. The van der Waals surface area contributed by atoms with Gasteiger partial charge < -0.3 is 14.8 Å². The van der Waals surface area contributed by atoms with E-state index in [1.54, 1.807) is 31.2 Å². The average Bonchev–Trinajstić information content (AvgIpc) is 2.80. The molecule has 174 valence electrons. The van der Waals surface area contributed by atoms with Crippen LogP contribution in [0.25, 0.3) is 0 Å². The summed E-state index contributed by atoms with van der Waals surface area (Å²) in [5, 5.41) is 2.37. The van der Waals surface area contributed by atoms with E-state index in [-0.39, 0.29) is 27.0 Å². The molecule has 33 heavy (non-hydrogen) atoms. The summed E-state index contributed by atoms with van der Waals surface area (Å²) in [6.45, 7) is 1.20. The predicted octanol–water partition coefficient (Wildman–Crippen LogP) is 4.64. The minimum Gasteiger partial charge on any atom is -0.497 e. The fraction of sp³-hybridized carbons (Fsp3) is 0.174. The number of ether oxygens (including phenoxy) is 2. The number of sulfonamides is 1. The van der Waals surface area contributed by atoms with Gasteiger partial charge in [0, 0.05) is 5.69 Å². The predicted molar refractivity (Wildman–Crippen MR) is 125 cm³/mol. The molecule has 3 rings (SSSR count). The Labute approximate surface area is 196 Å². The van der Waals surface area contributed by atoms with Crippen molar-refractivity contribution >= 4 is 38.9 Å². The number of amides is 1. The van der Waals surface area contributed by atoms with E-state index in [9.17, 15) is 17.6 Å². The highest BCUT2D eigenvalue weighted by Gasteiger charge is 2.30. The third kappa shape index (κ3) is 5.55. The number of anilines is 2. The highest BCUT2D eigenvalue weighted by Crippen LogP contribution is 2.31. The molecule has 0 aliphatic carbocycles. The first kappa shape index (κ1) is 24.3. The maximum atomic E-state index is 13.7. The van der Waals surface area contributed by atoms with Gasteiger partial charge in [0.05, 0.1) is 24.9 Å². The van der Waals surface area contributed by atoms with E-state index in [2.05, 4.69) is 5.32 Å². The second-order valence-corrected chi connectivity index (χ2v) is 9.28. The van der Waals surface area contributed by atoms with Crippen LogP contribution in [0.3, 0.4) is 0 Å². The molecule has 0 aliphatic rings. The number of rotatable bonds is 8. The zero-order valence-corrected chi connectivity index (χ0v) is 19.7. The summed E-state index contributed by atoms with van der Waals surface area (Å²) in [6.07, 6.45) is 0. The number of aryl methyl sites for hydroxylation is 1. The fourth-order valence-electron chi connectivity index (χ4n) is 3.07. The molecular formula is C23H22ClFN2O5S. The van der Waals surface area contributed by atoms with Gasteiger partial charge in [-0.05, 0) is 67.1 Å². The van der Waals surface area contributed by atoms with Gasteiger partial charge in [-0.25, -0.2) is 12.8 Å². The number of hydrogen-bond donors (Lipinski definition) is 1. The Hall–Kier alpha value is -3.30. The van der Waals surface area contributed by atoms with Crippen LogP contribution in [0.2, 0.25) is 5.02 Å². The van der Waals surface area contributed by atoms with Gasteiger partial charge in [0.2, 0.25) is 5.91 Å². The van der Waals surface area contributed by atoms with Crippen molar-refractivity contribution in [2.75, 3.05) is 30.4 Å². The number of carbonyl (C=O) groups excluding carboxylic acids is 1. The van der Waals surface area contributed by atoms with Crippen LogP contribution in [-0.4, -0.2) is 35.1 Å². The Kier molecular flexibility index (Phi) is 7.45. The van der Waals surface area contributed by atoms with Crippen LogP contribution in [0.4, 0.5) is 15.8 Å². The summed E-state index contributed by atoms with van der Waals surface area (Å²) in [4.78, 5) is 12.7. The SMILES string of the molecule is COc1ccc(N(CC(=O)Nc2ccc(F)c(Cl)c2)S(=O)(=O)c2cc(C)ccc2OC)cc1. The molecule has 3 aromatic carbocycles. The molecule has 0 saturated carbocycles. The summed E-state index contributed by atoms with van der Waals surface area (Å²) in [6, 6.07) is 14.7. The standard InChI is InChI=1S/C23H22ClFN2O5S/c1-15-4-11-21(32-3)22(12-15)33(29,30)27(17-6-8-18(31-2)9-7-17)14-23(28)26-16-5-10-20(25)19(24)13-16/h4-13H,14H2,1-3H3,(H,26,28). The molecule has 3 aromatic rings. The van der Waals surface area contributed by atoms with Crippen LogP contribution in [-0.2, 0) is 14.8 Å². The molecule has 0 bridgehead atoms. The van der Waals surface area contributed by atoms with Crippen molar-refractivity contribution in [1.82, 2.24) is 0 Å². The largest absolute Gasteiger partial charge is 0.497 e. The van der Waals surface area contributed by atoms with Gasteiger partial charge in [-0.2, -0.15) is 0 Å². The summed E-state index contributed by atoms with van der Waals surface area (Å²) in [7, 11) is -1.36. The number of nitrogens with one attached hydrogen (secondary N) is 1. The van der Waals surface area contributed by atoms with E-state index in [0.29, 0.717) is 11.3 Å². The molecule has 1 amide bonds. The maximum Gasteiger partial charge on any atom is 0.268 e. The molecule has 0 fully saturated rings. The van der Waals surface area contributed by atoms with Crippen molar-refractivity contribution in [3.63, 3.8) is 0 Å². The Morgan fingerprint density at radius 2 is 1.73 bits per heavy atom. The lowest BCUT2D eigenvalue weighted by molar-refractivity contribution is -0.114. The van der Waals surface area contributed by atoms with Crippen LogP contribution in [0.1, 0.15) is 5.56 Å². The van der Waals surface area contributed by atoms with Crippen molar-refractivity contribution in [3.05, 3.63) is 77.1 Å². The zero-order valence-electron chi connectivity index (χ0n) is 18.1. The van der Waals surface area contributed by atoms with Crippen molar-refractivity contribution in [2.24, 2.45) is 0 Å². The van der Waals surface area contributed by atoms with Crippen molar-refractivity contribution in [2.45, 2.75) is 11.8 Å². The Bertz CT molecular complexity index is 1270. The number of halogens is 2.